The number of nitrogens with one attached hydrogen (secondary N) is 2. The highest BCUT2D eigenvalue weighted by atomic mass is 16.5. The zero-order chi connectivity index (χ0) is 20.8. The van der Waals surface area contributed by atoms with E-state index in [4.69, 9.17) is 4.74 Å². The van der Waals surface area contributed by atoms with Crippen LogP contribution in [0.4, 0.5) is 4.79 Å². The smallest absolute Gasteiger partial charge is 0.407 e. The zero-order valence-corrected chi connectivity index (χ0v) is 17.4. The van der Waals surface area contributed by atoms with E-state index in [0.717, 1.165) is 11.5 Å². The predicted octanol–water partition coefficient (Wildman–Crippen LogP) is 3.70. The van der Waals surface area contributed by atoms with Gasteiger partial charge in [-0.05, 0) is 30.7 Å². The first-order valence-electron chi connectivity index (χ1n) is 9.36. The van der Waals surface area contributed by atoms with E-state index in [9.17, 15) is 14.4 Å². The molecule has 6 heteroatoms. The Balaban J connectivity index is 0.00000153. The third-order valence-corrected chi connectivity index (χ3v) is 3.14. The minimum atomic E-state index is -0.674. The van der Waals surface area contributed by atoms with Crippen LogP contribution in [0.15, 0.2) is 30.3 Å². The van der Waals surface area contributed by atoms with Gasteiger partial charge in [0.05, 0.1) is 6.04 Å². The van der Waals surface area contributed by atoms with Gasteiger partial charge in [0, 0.05) is 0 Å². The van der Waals surface area contributed by atoms with Crippen molar-refractivity contribution < 1.29 is 19.1 Å². The Morgan fingerprint density at radius 3 is 2.04 bits per heavy atom. The number of ketones is 1. The van der Waals surface area contributed by atoms with Crippen molar-refractivity contribution in [1.82, 2.24) is 10.6 Å². The monoisotopic (exact) mass is 378 g/mol. The van der Waals surface area contributed by atoms with Gasteiger partial charge in [-0.15, -0.1) is 0 Å². The summed E-state index contributed by atoms with van der Waals surface area (Å²) in [5.41, 5.74) is 0.862. The molecule has 6 nitrogen and oxygen atoms in total. The summed E-state index contributed by atoms with van der Waals surface area (Å²) in [6, 6.07) is 8.72. The van der Waals surface area contributed by atoms with Crippen molar-refractivity contribution in [2.24, 2.45) is 11.8 Å². The molecule has 0 unspecified atom stereocenters. The van der Waals surface area contributed by atoms with Crippen molar-refractivity contribution in [2.45, 2.75) is 60.6 Å². The minimum Gasteiger partial charge on any atom is -0.445 e. The van der Waals surface area contributed by atoms with Gasteiger partial charge in [-0.3, -0.25) is 9.59 Å². The number of Topliss-reactive ketones (excluding diaryl/α,β-unsaturated/α-hetero) is 1. The maximum absolute atomic E-state index is 11.8. The highest BCUT2D eigenvalue weighted by Gasteiger charge is 2.18. The number of carbonyl (C=O) groups excluding carboxylic acids is 3. The number of hydrogen-bond donors (Lipinski definition) is 2. The molecule has 1 aromatic carbocycles. The van der Waals surface area contributed by atoms with Gasteiger partial charge >= 0.3 is 6.09 Å². The number of alkyl carbamates (subject to hydrolysis) is 1. The van der Waals surface area contributed by atoms with Crippen LogP contribution in [0.3, 0.4) is 0 Å². The van der Waals surface area contributed by atoms with Gasteiger partial charge in [-0.25, -0.2) is 4.79 Å². The lowest BCUT2D eigenvalue weighted by atomic mass is 10.0. The minimum absolute atomic E-state index is 0.0984. The molecule has 0 saturated heterocycles. The average Bonchev–Trinajstić information content (AvgIpc) is 2.57. The van der Waals surface area contributed by atoms with Crippen molar-refractivity contribution in [3.05, 3.63) is 35.9 Å². The number of carbonyl (C=O) groups is 3. The molecule has 0 spiro atoms. The molecule has 1 atom stereocenters. The maximum atomic E-state index is 11.8. The van der Waals surface area contributed by atoms with Crippen LogP contribution in [0.5, 0.6) is 0 Å². The third kappa shape index (κ3) is 14.5. The molecule has 2 amide bonds. The SMILES string of the molecule is CC(=O)[C@H](CC(C)C)NC(=O)CNC(=O)OCc1ccccc1.CC(C)C. The fraction of sp³-hybridized carbons (Fsp3) is 0.571. The highest BCUT2D eigenvalue weighted by Crippen LogP contribution is 2.05. The van der Waals surface area contributed by atoms with Crippen LogP contribution in [-0.4, -0.2) is 30.4 Å². The van der Waals surface area contributed by atoms with Gasteiger partial charge in [0.25, 0.3) is 0 Å². The molecule has 152 valence electrons. The van der Waals surface area contributed by atoms with E-state index in [2.05, 4.69) is 31.4 Å². The van der Waals surface area contributed by atoms with E-state index < -0.39 is 18.0 Å². The van der Waals surface area contributed by atoms with Crippen LogP contribution in [0.1, 0.15) is 53.5 Å². The molecule has 0 bridgehead atoms. The van der Waals surface area contributed by atoms with Crippen molar-refractivity contribution in [2.75, 3.05) is 6.54 Å². The van der Waals surface area contributed by atoms with Crippen molar-refractivity contribution >= 4 is 17.8 Å². The number of ether oxygens (including phenoxy) is 1. The van der Waals surface area contributed by atoms with E-state index in [1.54, 1.807) is 0 Å². The normalized spacial score (nSPS) is 11.3. The lowest BCUT2D eigenvalue weighted by Gasteiger charge is -2.18. The van der Waals surface area contributed by atoms with E-state index in [1.165, 1.54) is 6.92 Å². The molecule has 0 heterocycles. The molecule has 0 aliphatic heterocycles. The number of amides is 2. The Labute approximate surface area is 163 Å². The number of benzene rings is 1. The quantitative estimate of drug-likeness (QED) is 0.722. The van der Waals surface area contributed by atoms with E-state index in [-0.39, 0.29) is 24.9 Å². The molecule has 2 N–H and O–H groups in total. The standard InChI is InChI=1S/C17H24N2O4.C4H10/c1-12(2)9-15(13(3)20)19-16(21)10-18-17(22)23-11-14-7-5-4-6-8-14;1-4(2)3/h4-8,12,15H,9-11H2,1-3H3,(H,18,22)(H,19,21);4H,1-3H3/t15-;/m0./s1. The van der Waals surface area contributed by atoms with Crippen LogP contribution in [0.2, 0.25) is 0 Å². The molecule has 27 heavy (non-hydrogen) atoms. The summed E-state index contributed by atoms with van der Waals surface area (Å²) in [6.07, 6.45) is -0.105. The first-order chi connectivity index (χ1) is 12.6. The fourth-order valence-corrected chi connectivity index (χ4v) is 1.97. The lowest BCUT2D eigenvalue weighted by Crippen LogP contribution is -2.45. The lowest BCUT2D eigenvalue weighted by molar-refractivity contribution is -0.126. The summed E-state index contributed by atoms with van der Waals surface area (Å²) >= 11 is 0. The summed E-state index contributed by atoms with van der Waals surface area (Å²) in [5.74, 6) is 0.606. The molecule has 0 saturated carbocycles. The van der Waals surface area contributed by atoms with Crippen LogP contribution < -0.4 is 10.6 Å². The molecular weight excluding hydrogens is 344 g/mol. The van der Waals surface area contributed by atoms with E-state index in [1.807, 2.05) is 44.2 Å². The first kappa shape index (κ1) is 24.6. The van der Waals surface area contributed by atoms with Gasteiger partial charge in [-0.2, -0.15) is 0 Å². The average molecular weight is 379 g/mol. The highest BCUT2D eigenvalue weighted by molar-refractivity contribution is 5.89. The second-order valence-electron chi connectivity index (χ2n) is 7.51. The van der Waals surface area contributed by atoms with Crippen LogP contribution in [-0.2, 0) is 20.9 Å². The summed E-state index contributed by atoms with van der Waals surface area (Å²) in [4.78, 5) is 34.8. The molecule has 0 aromatic heterocycles. The summed E-state index contributed by atoms with van der Waals surface area (Å²) in [7, 11) is 0. The van der Waals surface area contributed by atoms with Gasteiger partial charge in [-0.1, -0.05) is 65.0 Å². The molecule has 0 radical (unpaired) electrons. The molecule has 0 fully saturated rings. The molecule has 1 aromatic rings. The Hall–Kier alpha value is -2.37. The Morgan fingerprint density at radius 1 is 1.00 bits per heavy atom. The van der Waals surface area contributed by atoms with Gasteiger partial charge in [0.15, 0.2) is 5.78 Å². The number of rotatable bonds is 8. The zero-order valence-electron chi connectivity index (χ0n) is 17.4. The molecule has 1 rings (SSSR count). The number of hydrogen-bond acceptors (Lipinski definition) is 4. The van der Waals surface area contributed by atoms with Crippen molar-refractivity contribution in [3.63, 3.8) is 0 Å². The predicted molar refractivity (Wildman–Crippen MR) is 107 cm³/mol. The maximum Gasteiger partial charge on any atom is 0.407 e. The first-order valence-corrected chi connectivity index (χ1v) is 9.36. The summed E-state index contributed by atoms with van der Waals surface area (Å²) in [6.45, 7) is 11.8. The van der Waals surface area contributed by atoms with Crippen LogP contribution >= 0.6 is 0 Å². The van der Waals surface area contributed by atoms with Crippen molar-refractivity contribution in [3.8, 4) is 0 Å². The summed E-state index contributed by atoms with van der Waals surface area (Å²) in [5, 5.41) is 4.98. The van der Waals surface area contributed by atoms with Crippen LogP contribution in [0.25, 0.3) is 0 Å². The summed E-state index contributed by atoms with van der Waals surface area (Å²) < 4.78 is 5.00. The van der Waals surface area contributed by atoms with Crippen molar-refractivity contribution in [1.29, 1.82) is 0 Å². The topological polar surface area (TPSA) is 84.5 Å². The van der Waals surface area contributed by atoms with E-state index >= 15 is 0 Å². The second-order valence-corrected chi connectivity index (χ2v) is 7.51. The Bertz CT molecular complexity index is 568. The second kappa shape index (κ2) is 13.8. The molecule has 0 aliphatic rings. The molecule has 0 aliphatic carbocycles. The Morgan fingerprint density at radius 2 is 1.56 bits per heavy atom. The van der Waals surface area contributed by atoms with Gasteiger partial charge in [0.1, 0.15) is 13.2 Å². The largest absolute Gasteiger partial charge is 0.445 e. The van der Waals surface area contributed by atoms with Gasteiger partial charge in [0.2, 0.25) is 5.91 Å². The van der Waals surface area contributed by atoms with Gasteiger partial charge < -0.3 is 15.4 Å². The molecular formula is C21H34N2O4. The van der Waals surface area contributed by atoms with E-state index in [0.29, 0.717) is 6.42 Å². The third-order valence-electron chi connectivity index (χ3n) is 3.14. The fourth-order valence-electron chi connectivity index (χ4n) is 1.97. The van der Waals surface area contributed by atoms with Crippen LogP contribution in [0, 0.1) is 11.8 Å². The Kier molecular flexibility index (Phi) is 12.6.